The average molecular weight is 306 g/mol. The second-order valence-corrected chi connectivity index (χ2v) is 5.32. The van der Waals surface area contributed by atoms with Crippen LogP contribution in [-0.2, 0) is 6.42 Å². The molecule has 0 radical (unpaired) electrons. The summed E-state index contributed by atoms with van der Waals surface area (Å²) < 4.78 is 13.5. The number of para-hydroxylation sites is 1. The Morgan fingerprint density at radius 2 is 2.00 bits per heavy atom. The van der Waals surface area contributed by atoms with Gasteiger partial charge in [-0.05, 0) is 36.6 Å². The predicted molar refractivity (Wildman–Crippen MR) is 79.5 cm³/mol. The van der Waals surface area contributed by atoms with Gasteiger partial charge in [0, 0.05) is 6.54 Å². The number of fused-ring (bicyclic) bond motifs is 1. The summed E-state index contributed by atoms with van der Waals surface area (Å²) in [7, 11) is 0. The third-order valence-electron chi connectivity index (χ3n) is 3.62. The summed E-state index contributed by atoms with van der Waals surface area (Å²) >= 11 is 5.89. The van der Waals surface area contributed by atoms with E-state index < -0.39 is 11.7 Å². The van der Waals surface area contributed by atoms with Crippen LogP contribution in [0, 0.1) is 5.82 Å². The van der Waals surface area contributed by atoms with Crippen molar-refractivity contribution < 1.29 is 14.3 Å². The number of halogens is 2. The molecular formula is C16H13ClFNO2. The third kappa shape index (κ3) is 2.36. The molecule has 108 valence electrons. The Morgan fingerprint density at radius 3 is 2.81 bits per heavy atom. The first-order valence-electron chi connectivity index (χ1n) is 6.66. The van der Waals surface area contributed by atoms with Crippen molar-refractivity contribution in [3.05, 3.63) is 58.4 Å². The molecule has 0 saturated carbocycles. The molecule has 0 bridgehead atoms. The molecule has 5 heteroatoms. The summed E-state index contributed by atoms with van der Waals surface area (Å²) in [5.74, 6) is -0.980. The van der Waals surface area contributed by atoms with Crippen molar-refractivity contribution >= 4 is 23.2 Å². The minimum absolute atomic E-state index is 0.0491. The van der Waals surface area contributed by atoms with Crippen molar-refractivity contribution in [3.8, 4) is 5.75 Å². The Hall–Kier alpha value is -2.07. The zero-order valence-corrected chi connectivity index (χ0v) is 11.9. The topological polar surface area (TPSA) is 40.5 Å². The van der Waals surface area contributed by atoms with Gasteiger partial charge in [-0.15, -0.1) is 0 Å². The lowest BCUT2D eigenvalue weighted by Crippen LogP contribution is -2.35. The lowest BCUT2D eigenvalue weighted by molar-refractivity contribution is 0.0984. The molecule has 0 unspecified atom stereocenters. The van der Waals surface area contributed by atoms with Crippen molar-refractivity contribution in [1.29, 1.82) is 0 Å². The van der Waals surface area contributed by atoms with Crippen LogP contribution in [0.3, 0.4) is 0 Å². The Morgan fingerprint density at radius 1 is 1.24 bits per heavy atom. The normalized spacial score (nSPS) is 13.9. The predicted octanol–water partition coefficient (Wildman–Crippen LogP) is 3.78. The van der Waals surface area contributed by atoms with Gasteiger partial charge in [0.25, 0.3) is 5.91 Å². The molecule has 0 aliphatic carbocycles. The van der Waals surface area contributed by atoms with E-state index in [9.17, 15) is 14.3 Å². The second-order valence-electron chi connectivity index (χ2n) is 4.95. The van der Waals surface area contributed by atoms with Gasteiger partial charge in [0.1, 0.15) is 11.6 Å². The number of amides is 1. The highest BCUT2D eigenvalue weighted by Gasteiger charge is 2.27. The SMILES string of the molecule is O=C(c1cccc(F)c1Cl)N1CCCc2cccc(O)c21. The zero-order valence-electron chi connectivity index (χ0n) is 11.1. The monoisotopic (exact) mass is 305 g/mol. The molecule has 1 heterocycles. The van der Waals surface area contributed by atoms with Crippen LogP contribution in [0.5, 0.6) is 5.75 Å². The highest BCUT2D eigenvalue weighted by Crippen LogP contribution is 2.36. The van der Waals surface area contributed by atoms with Gasteiger partial charge in [-0.2, -0.15) is 0 Å². The molecule has 1 N–H and O–H groups in total. The van der Waals surface area contributed by atoms with E-state index in [2.05, 4.69) is 0 Å². The van der Waals surface area contributed by atoms with Crippen LogP contribution in [0.15, 0.2) is 36.4 Å². The van der Waals surface area contributed by atoms with E-state index >= 15 is 0 Å². The third-order valence-corrected chi connectivity index (χ3v) is 4.01. The lowest BCUT2D eigenvalue weighted by atomic mass is 10.00. The van der Waals surface area contributed by atoms with E-state index in [1.165, 1.54) is 29.2 Å². The number of hydrogen-bond donors (Lipinski definition) is 1. The highest BCUT2D eigenvalue weighted by molar-refractivity contribution is 6.34. The summed E-state index contributed by atoms with van der Waals surface area (Å²) in [6.45, 7) is 0.469. The molecule has 21 heavy (non-hydrogen) atoms. The average Bonchev–Trinajstić information content (AvgIpc) is 2.49. The van der Waals surface area contributed by atoms with Crippen molar-refractivity contribution in [2.24, 2.45) is 0 Å². The van der Waals surface area contributed by atoms with Crippen molar-refractivity contribution in [2.75, 3.05) is 11.4 Å². The quantitative estimate of drug-likeness (QED) is 0.871. The number of nitrogens with zero attached hydrogens (tertiary/aromatic N) is 1. The molecule has 2 aromatic carbocycles. The van der Waals surface area contributed by atoms with E-state index in [0.717, 1.165) is 18.4 Å². The van der Waals surface area contributed by atoms with Crippen LogP contribution in [-0.4, -0.2) is 17.6 Å². The maximum Gasteiger partial charge on any atom is 0.260 e. The second kappa shape index (κ2) is 5.37. The van der Waals surface area contributed by atoms with Crippen LogP contribution in [0.2, 0.25) is 5.02 Å². The van der Waals surface area contributed by atoms with E-state index in [1.807, 2.05) is 6.07 Å². The van der Waals surface area contributed by atoms with Crippen LogP contribution >= 0.6 is 11.6 Å². The molecular weight excluding hydrogens is 293 g/mol. The number of carbonyl (C=O) groups is 1. The largest absolute Gasteiger partial charge is 0.506 e. The van der Waals surface area contributed by atoms with Crippen LogP contribution in [0.4, 0.5) is 10.1 Å². The number of phenols is 1. The minimum Gasteiger partial charge on any atom is -0.506 e. The lowest BCUT2D eigenvalue weighted by Gasteiger charge is -2.30. The Kier molecular flexibility index (Phi) is 3.55. The maximum atomic E-state index is 13.5. The Bertz CT molecular complexity index is 717. The van der Waals surface area contributed by atoms with Gasteiger partial charge in [-0.3, -0.25) is 4.79 Å². The molecule has 1 amide bonds. The van der Waals surface area contributed by atoms with E-state index in [4.69, 9.17) is 11.6 Å². The number of phenolic OH excluding ortho intramolecular Hbond substituents is 1. The van der Waals surface area contributed by atoms with Gasteiger partial charge in [0.2, 0.25) is 0 Å². The molecule has 3 rings (SSSR count). The Labute approximate surface area is 126 Å². The fourth-order valence-corrected chi connectivity index (χ4v) is 2.85. The van der Waals surface area contributed by atoms with Crippen molar-refractivity contribution in [2.45, 2.75) is 12.8 Å². The summed E-state index contributed by atoms with van der Waals surface area (Å²) in [5.41, 5.74) is 1.50. The number of hydrogen-bond acceptors (Lipinski definition) is 2. The van der Waals surface area contributed by atoms with Crippen LogP contribution < -0.4 is 4.90 Å². The summed E-state index contributed by atoms with van der Waals surface area (Å²) in [4.78, 5) is 14.1. The molecule has 3 nitrogen and oxygen atoms in total. The van der Waals surface area contributed by atoms with E-state index in [1.54, 1.807) is 6.07 Å². The van der Waals surface area contributed by atoms with Gasteiger partial charge in [0.15, 0.2) is 0 Å². The molecule has 1 aliphatic heterocycles. The molecule has 1 aliphatic rings. The number of carbonyl (C=O) groups excluding carboxylic acids is 1. The van der Waals surface area contributed by atoms with Gasteiger partial charge >= 0.3 is 0 Å². The molecule has 0 saturated heterocycles. The minimum atomic E-state index is -0.628. The molecule has 2 aromatic rings. The first-order valence-corrected chi connectivity index (χ1v) is 7.04. The van der Waals surface area contributed by atoms with Gasteiger partial charge < -0.3 is 10.0 Å². The number of aryl methyl sites for hydroxylation is 1. The number of benzene rings is 2. The smallest absolute Gasteiger partial charge is 0.260 e. The maximum absolute atomic E-state index is 13.5. The molecule has 0 spiro atoms. The summed E-state index contributed by atoms with van der Waals surface area (Å²) in [6.07, 6.45) is 1.58. The zero-order chi connectivity index (χ0) is 15.0. The molecule has 0 fully saturated rings. The fraction of sp³-hybridized carbons (Fsp3) is 0.188. The summed E-state index contributed by atoms with van der Waals surface area (Å²) in [5, 5.41) is 9.86. The number of rotatable bonds is 1. The molecule has 0 aromatic heterocycles. The number of anilines is 1. The standard InChI is InChI=1S/C16H13ClFNO2/c17-14-11(6-2-7-12(14)18)16(21)19-9-3-5-10-4-1-8-13(20)15(10)19/h1-2,4,6-8,20H,3,5,9H2. The fourth-order valence-electron chi connectivity index (χ4n) is 2.65. The van der Waals surface area contributed by atoms with E-state index in [0.29, 0.717) is 12.2 Å². The first kappa shape index (κ1) is 13.9. The summed E-state index contributed by atoms with van der Waals surface area (Å²) in [6, 6.07) is 9.31. The van der Waals surface area contributed by atoms with Gasteiger partial charge in [-0.1, -0.05) is 29.8 Å². The first-order chi connectivity index (χ1) is 10.1. The highest BCUT2D eigenvalue weighted by atomic mass is 35.5. The van der Waals surface area contributed by atoms with Crippen molar-refractivity contribution in [1.82, 2.24) is 0 Å². The van der Waals surface area contributed by atoms with E-state index in [-0.39, 0.29) is 16.3 Å². The van der Waals surface area contributed by atoms with Crippen LogP contribution in [0.1, 0.15) is 22.3 Å². The van der Waals surface area contributed by atoms with Gasteiger partial charge in [0.05, 0.1) is 16.3 Å². The Balaban J connectivity index is 2.07. The van der Waals surface area contributed by atoms with Gasteiger partial charge in [-0.25, -0.2) is 4.39 Å². The van der Waals surface area contributed by atoms with Crippen molar-refractivity contribution in [3.63, 3.8) is 0 Å². The van der Waals surface area contributed by atoms with Crippen LogP contribution in [0.25, 0.3) is 0 Å². The molecule has 0 atom stereocenters. The number of aromatic hydroxyl groups is 1.